The van der Waals surface area contributed by atoms with Crippen LogP contribution in [-0.2, 0) is 18.3 Å². The molecule has 0 spiro atoms. The van der Waals surface area contributed by atoms with Gasteiger partial charge in [-0.1, -0.05) is 30.3 Å². The predicted molar refractivity (Wildman–Crippen MR) is 118 cm³/mol. The van der Waals surface area contributed by atoms with Gasteiger partial charge in [0.1, 0.15) is 5.75 Å². The molecular formula is C23H27BrN2O2. The third kappa shape index (κ3) is 3.32. The maximum Gasteiger partial charge on any atom is 0.115 e. The van der Waals surface area contributed by atoms with Crippen molar-refractivity contribution in [2.75, 3.05) is 20.1 Å². The number of piperidine rings is 1. The van der Waals surface area contributed by atoms with E-state index >= 15 is 0 Å². The lowest BCUT2D eigenvalue weighted by Gasteiger charge is -2.50. The zero-order valence-corrected chi connectivity index (χ0v) is 17.8. The van der Waals surface area contributed by atoms with Crippen molar-refractivity contribution >= 4 is 27.9 Å². The highest BCUT2D eigenvalue weighted by molar-refractivity contribution is 8.93. The second kappa shape index (κ2) is 7.82. The van der Waals surface area contributed by atoms with E-state index in [1.807, 2.05) is 12.1 Å². The minimum Gasteiger partial charge on any atom is -0.508 e. The molecule has 0 saturated carbocycles. The average Bonchev–Trinajstić information content (AvgIpc) is 2.65. The molecule has 0 radical (unpaired) electrons. The number of aromatic hydroxyl groups is 1. The molecule has 5 heteroatoms. The number of pyridine rings is 1. The summed E-state index contributed by atoms with van der Waals surface area (Å²) in [6.45, 7) is 2.19. The number of phenols is 1. The molecule has 2 heterocycles. The van der Waals surface area contributed by atoms with Crippen LogP contribution >= 0.6 is 17.0 Å². The first-order valence-corrected chi connectivity index (χ1v) is 9.50. The Balaban J connectivity index is 0.00000112. The van der Waals surface area contributed by atoms with Crippen LogP contribution in [0.5, 0.6) is 5.75 Å². The van der Waals surface area contributed by atoms with Gasteiger partial charge in [0.25, 0.3) is 0 Å². The largest absolute Gasteiger partial charge is 0.508 e. The number of hydrogen-bond donors (Lipinski definition) is 1. The molecule has 28 heavy (non-hydrogen) atoms. The molecule has 3 aromatic rings. The van der Waals surface area contributed by atoms with E-state index in [1.165, 1.54) is 22.2 Å². The number of para-hydroxylation sites is 1. The number of nitrogens with zero attached hydrogens (tertiary/aromatic N) is 2. The van der Waals surface area contributed by atoms with Crippen molar-refractivity contribution in [1.82, 2.24) is 9.88 Å². The Morgan fingerprint density at radius 2 is 1.93 bits per heavy atom. The summed E-state index contributed by atoms with van der Waals surface area (Å²) in [5.74, 6) is 0.922. The van der Waals surface area contributed by atoms with E-state index in [1.54, 1.807) is 6.07 Å². The lowest BCUT2D eigenvalue weighted by atomic mass is 9.58. The van der Waals surface area contributed by atoms with Crippen molar-refractivity contribution in [3.8, 4) is 5.75 Å². The fraction of sp³-hybridized carbons (Fsp3) is 0.348. The van der Waals surface area contributed by atoms with Crippen LogP contribution in [0.15, 0.2) is 54.6 Å². The molecule has 1 saturated heterocycles. The summed E-state index contributed by atoms with van der Waals surface area (Å²) in [6.07, 6.45) is 3.15. The Kier molecular flexibility index (Phi) is 5.80. The van der Waals surface area contributed by atoms with Crippen LogP contribution in [-0.4, -0.2) is 40.6 Å². The fourth-order valence-electron chi connectivity index (χ4n) is 5.12. The lowest BCUT2D eigenvalue weighted by molar-refractivity contribution is 0.0987. The molecule has 3 N–H and O–H groups in total. The van der Waals surface area contributed by atoms with Gasteiger partial charge in [0.05, 0.1) is 5.52 Å². The maximum atomic E-state index is 10.1. The van der Waals surface area contributed by atoms with Crippen molar-refractivity contribution in [3.05, 3.63) is 71.4 Å². The Morgan fingerprint density at radius 1 is 1.11 bits per heavy atom. The highest BCUT2D eigenvalue weighted by atomic mass is 79.9. The third-order valence-corrected chi connectivity index (χ3v) is 6.52. The Bertz CT molecular complexity index is 993. The summed E-state index contributed by atoms with van der Waals surface area (Å²) in [4.78, 5) is 7.49. The normalized spacial score (nSPS) is 23.8. The van der Waals surface area contributed by atoms with E-state index in [0.717, 1.165) is 37.9 Å². The highest BCUT2D eigenvalue weighted by Crippen LogP contribution is 2.48. The molecule has 2 aromatic carbocycles. The number of likely N-dealkylation sites (tertiary alicyclic amines) is 1. The minimum absolute atomic E-state index is 0. The first-order valence-electron chi connectivity index (χ1n) is 9.50. The van der Waals surface area contributed by atoms with Crippen LogP contribution in [0.2, 0.25) is 0 Å². The monoisotopic (exact) mass is 442 g/mol. The molecule has 1 fully saturated rings. The number of fused-ring (bicyclic) bond motifs is 3. The van der Waals surface area contributed by atoms with E-state index in [9.17, 15) is 5.11 Å². The van der Waals surface area contributed by atoms with Crippen molar-refractivity contribution in [2.24, 2.45) is 5.92 Å². The van der Waals surface area contributed by atoms with E-state index in [2.05, 4.69) is 48.3 Å². The van der Waals surface area contributed by atoms with Gasteiger partial charge in [-0.2, -0.15) is 0 Å². The van der Waals surface area contributed by atoms with Crippen molar-refractivity contribution in [1.29, 1.82) is 0 Å². The topological polar surface area (TPSA) is 67.9 Å². The number of aromatic nitrogens is 1. The van der Waals surface area contributed by atoms with Gasteiger partial charge in [-0.3, -0.25) is 4.98 Å². The van der Waals surface area contributed by atoms with Crippen LogP contribution < -0.4 is 0 Å². The van der Waals surface area contributed by atoms with Gasteiger partial charge in [-0.05, 0) is 67.7 Å². The van der Waals surface area contributed by atoms with Gasteiger partial charge < -0.3 is 15.5 Å². The van der Waals surface area contributed by atoms with Crippen LogP contribution in [0.25, 0.3) is 10.9 Å². The number of halogens is 1. The Hall–Kier alpha value is -1.95. The van der Waals surface area contributed by atoms with Crippen molar-refractivity contribution in [3.63, 3.8) is 0 Å². The summed E-state index contributed by atoms with van der Waals surface area (Å²) in [6, 6.07) is 18.7. The summed E-state index contributed by atoms with van der Waals surface area (Å²) in [5.41, 5.74) is 5.08. The number of phenolic OH excluding ortho intramolecular Hbond substituents is 1. The second-order valence-electron chi connectivity index (χ2n) is 8.08. The van der Waals surface area contributed by atoms with Crippen LogP contribution in [0, 0.1) is 5.92 Å². The maximum absolute atomic E-state index is 10.1. The summed E-state index contributed by atoms with van der Waals surface area (Å²) in [5, 5.41) is 11.3. The molecule has 2 atom stereocenters. The van der Waals surface area contributed by atoms with Gasteiger partial charge in [-0.15, -0.1) is 17.0 Å². The molecule has 1 aliphatic heterocycles. The average molecular weight is 443 g/mol. The SMILES string of the molecule is Br.CN1CC[C@]2(c3cccc(O)c3)Cc3nc4ccccc4cc3C[C@H]2C1.O. The van der Waals surface area contributed by atoms with Gasteiger partial charge in [0, 0.05) is 29.5 Å². The molecule has 4 nitrogen and oxygen atoms in total. The molecule has 1 aliphatic carbocycles. The lowest BCUT2D eigenvalue weighted by Crippen LogP contribution is -2.53. The van der Waals surface area contributed by atoms with Crippen molar-refractivity contribution < 1.29 is 10.6 Å². The molecule has 0 bridgehead atoms. The predicted octanol–water partition coefficient (Wildman–Crippen LogP) is 3.68. The standard InChI is InChI=1S/C23H24N2O.BrH.H2O/c1-25-10-9-23(18-6-4-7-20(26)13-18)14-22-17(12-19(23)15-25)11-16-5-2-3-8-21(16)24-22;;/h2-8,11,13,19,26H,9-10,12,14-15H2,1H3;1H;1H2/t19-,23+;;/m0../s1. The minimum atomic E-state index is 0. The molecular weight excluding hydrogens is 416 g/mol. The van der Waals surface area contributed by atoms with Crippen LogP contribution in [0.3, 0.4) is 0 Å². The zero-order valence-electron chi connectivity index (χ0n) is 16.1. The first kappa shape index (κ1) is 20.8. The van der Waals surface area contributed by atoms with Crippen LogP contribution in [0.4, 0.5) is 0 Å². The number of hydrogen-bond acceptors (Lipinski definition) is 3. The highest BCUT2D eigenvalue weighted by Gasteiger charge is 2.47. The van der Waals surface area contributed by atoms with Crippen molar-refractivity contribution in [2.45, 2.75) is 24.7 Å². The zero-order chi connectivity index (χ0) is 17.7. The van der Waals surface area contributed by atoms with E-state index < -0.39 is 0 Å². The number of rotatable bonds is 1. The Morgan fingerprint density at radius 3 is 2.75 bits per heavy atom. The molecule has 5 rings (SSSR count). The first-order chi connectivity index (χ1) is 12.6. The molecule has 0 amide bonds. The molecule has 2 aliphatic rings. The van der Waals surface area contributed by atoms with E-state index in [4.69, 9.17) is 4.98 Å². The number of benzene rings is 2. The van der Waals surface area contributed by atoms with Gasteiger partial charge >= 0.3 is 0 Å². The fourth-order valence-corrected chi connectivity index (χ4v) is 5.12. The molecule has 1 aromatic heterocycles. The van der Waals surface area contributed by atoms with Crippen LogP contribution in [0.1, 0.15) is 23.2 Å². The molecule has 148 valence electrons. The third-order valence-electron chi connectivity index (χ3n) is 6.52. The summed E-state index contributed by atoms with van der Waals surface area (Å²) < 4.78 is 0. The van der Waals surface area contributed by atoms with Gasteiger partial charge in [0.15, 0.2) is 0 Å². The van der Waals surface area contributed by atoms with E-state index in [0.29, 0.717) is 11.7 Å². The quantitative estimate of drug-likeness (QED) is 0.624. The summed E-state index contributed by atoms with van der Waals surface area (Å²) >= 11 is 0. The Labute approximate surface area is 176 Å². The molecule has 0 unspecified atom stereocenters. The van der Waals surface area contributed by atoms with Gasteiger partial charge in [0.2, 0.25) is 0 Å². The summed E-state index contributed by atoms with van der Waals surface area (Å²) in [7, 11) is 2.22. The van der Waals surface area contributed by atoms with Gasteiger partial charge in [-0.25, -0.2) is 0 Å². The second-order valence-corrected chi connectivity index (χ2v) is 8.08. The smallest absolute Gasteiger partial charge is 0.115 e. The van der Waals surface area contributed by atoms with E-state index in [-0.39, 0.29) is 27.9 Å².